The van der Waals surface area contributed by atoms with Crippen LogP contribution in [0.15, 0.2) is 209 Å². The molecule has 0 aliphatic heterocycles. The molecule has 0 amide bonds. The number of esters is 3. The van der Waals surface area contributed by atoms with Gasteiger partial charge in [-0.2, -0.15) is 21.6 Å². The van der Waals surface area contributed by atoms with Crippen molar-refractivity contribution in [2.75, 3.05) is 30.5 Å². The standard InChI is InChI=1S/C25H25N5O4.C22H21N5O2.C19H16F3N3O7S.C18H17N3O5/c1-4-33-25(32)21-22(27-13-19-11-8-12-26-16(19)2)20-17(3)28-15-29-23(20)30(24(21)31)34-14-18-9-6-5-7-10-18;1-15-18(9-6-10-23-15)12-24-19-11-20(28)27(22-21(19)16(2)25-14-26-22)29-13-17-7-4-3-5-8-17;1-3-30-18(27)14-15(32-33(28,29)19(20,21)22)13-11(2)23-10-24-16(13)25(17(14)26)31-9-12-7-5-4-6-8-12;1-3-25-18(24)14-15(22)13-11(2)19-10-20-16(13)21(17(14)23)26-9-12-7-5-4-6-8-12/h5-12,15,27H,4,13-14H2,1-3H3;3-11,14,24H,12-13H2,1-2H3;4-8,10H,3,9H2,1-2H3;4-8,10,22H,3,9H2,1-2H3. The molecule has 10 heterocycles. The normalized spacial score (nSPS) is 11.1. The van der Waals surface area contributed by atoms with Crippen LogP contribution in [-0.4, -0.2) is 126 Å². The Balaban J connectivity index is 0.000000159. The first-order valence-corrected chi connectivity index (χ1v) is 38.8. The Labute approximate surface area is 692 Å². The van der Waals surface area contributed by atoms with Crippen molar-refractivity contribution in [1.29, 1.82) is 0 Å². The van der Waals surface area contributed by atoms with E-state index in [1.54, 1.807) is 70.4 Å². The van der Waals surface area contributed by atoms with Gasteiger partial charge in [0.25, 0.3) is 5.56 Å². The molecule has 0 aliphatic rings. The van der Waals surface area contributed by atoms with Gasteiger partial charge in [0.15, 0.2) is 45.0 Å². The number of carbonyl (C=O) groups excluding carboxylic acids is 3. The minimum absolute atomic E-state index is 0.0604. The summed E-state index contributed by atoms with van der Waals surface area (Å²) in [4.78, 5) is 154. The number of hydrogen-bond donors (Lipinski definition) is 3. The van der Waals surface area contributed by atoms with E-state index in [0.717, 1.165) is 66.1 Å². The monoisotopic (exact) mass is 1690 g/mol. The summed E-state index contributed by atoms with van der Waals surface area (Å²) in [7, 11) is -6.27. The number of aromatic nitrogens is 14. The minimum atomic E-state index is -6.27. The number of rotatable bonds is 26. The fourth-order valence-corrected chi connectivity index (χ4v) is 12.6. The van der Waals surface area contributed by atoms with Crippen molar-refractivity contribution >= 4 is 83.5 Å². The zero-order valence-corrected chi connectivity index (χ0v) is 67.8. The lowest BCUT2D eigenvalue weighted by Crippen LogP contribution is -2.35. The maximum atomic E-state index is 13.6. The zero-order chi connectivity index (χ0) is 87.4. The van der Waals surface area contributed by atoms with E-state index in [2.05, 4.69) is 64.7 Å². The van der Waals surface area contributed by atoms with Crippen molar-refractivity contribution < 1.29 is 78.8 Å². The number of aryl methyl sites for hydroxylation is 6. The van der Waals surface area contributed by atoms with E-state index in [-0.39, 0.29) is 79.7 Å². The van der Waals surface area contributed by atoms with Gasteiger partial charge in [0.1, 0.15) is 57.5 Å². The van der Waals surface area contributed by atoms with E-state index in [9.17, 15) is 60.3 Å². The fraction of sp³-hybridized carbons (Fsp3) is 0.226. The lowest BCUT2D eigenvalue weighted by molar-refractivity contribution is -0.0500. The molecule has 14 aromatic rings. The van der Waals surface area contributed by atoms with Crippen molar-refractivity contribution in [3.8, 4) is 11.5 Å². The topological polar surface area (TPSA) is 420 Å². The summed E-state index contributed by atoms with van der Waals surface area (Å²) in [5.74, 6) is -4.82. The second kappa shape index (κ2) is 39.9. The van der Waals surface area contributed by atoms with Crippen molar-refractivity contribution in [2.24, 2.45) is 0 Å². The number of alkyl halides is 3. The Bertz CT molecular complexity index is 6540. The van der Waals surface area contributed by atoms with E-state index in [4.69, 9.17) is 33.6 Å². The molecule has 10 aromatic heterocycles. The minimum Gasteiger partial charge on any atom is -0.506 e. The average Bonchev–Trinajstić information content (AvgIpc) is 0.739. The van der Waals surface area contributed by atoms with Crippen molar-refractivity contribution in [2.45, 2.75) is 107 Å². The molecule has 0 fully saturated rings. The summed E-state index contributed by atoms with van der Waals surface area (Å²) >= 11 is 0. The Morgan fingerprint density at radius 1 is 0.410 bits per heavy atom. The highest BCUT2D eigenvalue weighted by Gasteiger charge is 2.50. The van der Waals surface area contributed by atoms with Gasteiger partial charge >= 0.3 is 50.2 Å². The Kier molecular flexibility index (Phi) is 28.7. The lowest BCUT2D eigenvalue weighted by Gasteiger charge is -2.19. The summed E-state index contributed by atoms with van der Waals surface area (Å²) in [5.41, 5.74) is -0.768. The van der Waals surface area contributed by atoms with Crippen LogP contribution in [0.4, 0.5) is 24.5 Å². The van der Waals surface area contributed by atoms with Gasteiger partial charge < -0.3 is 53.5 Å². The van der Waals surface area contributed by atoms with Crippen LogP contribution in [0.3, 0.4) is 0 Å². The van der Waals surface area contributed by atoms with Gasteiger partial charge in [0.05, 0.1) is 75.5 Å². The molecule has 0 radical (unpaired) electrons. The van der Waals surface area contributed by atoms with E-state index >= 15 is 0 Å². The smallest absolute Gasteiger partial charge is 0.506 e. The number of nitrogens with zero attached hydrogens (tertiary/aromatic N) is 14. The van der Waals surface area contributed by atoms with Crippen LogP contribution < -0.4 is 56.4 Å². The quantitative estimate of drug-likeness (QED) is 0.0196. The molecule has 0 saturated carbocycles. The Morgan fingerprint density at radius 3 is 1.17 bits per heavy atom. The van der Waals surface area contributed by atoms with Crippen LogP contribution in [0, 0.1) is 41.5 Å². The number of benzene rings is 4. The molecule has 0 unspecified atom stereocenters. The van der Waals surface area contributed by atoms with Crippen molar-refractivity contribution in [3.05, 3.63) is 315 Å². The number of carbonyl (C=O) groups is 3. The maximum absolute atomic E-state index is 13.6. The highest BCUT2D eigenvalue weighted by Crippen LogP contribution is 2.36. The summed E-state index contributed by atoms with van der Waals surface area (Å²) in [6.07, 6.45) is 8.50. The number of nitrogens with one attached hydrogen (secondary N) is 2. The van der Waals surface area contributed by atoms with Crippen LogP contribution in [0.25, 0.3) is 44.1 Å². The van der Waals surface area contributed by atoms with Gasteiger partial charge in [-0.25, -0.2) is 54.3 Å². The van der Waals surface area contributed by atoms with E-state index < -0.39 is 83.9 Å². The largest absolute Gasteiger partial charge is 0.534 e. The van der Waals surface area contributed by atoms with Crippen LogP contribution in [0.1, 0.15) is 119 Å². The van der Waals surface area contributed by atoms with Crippen molar-refractivity contribution in [3.63, 3.8) is 0 Å². The molecule has 122 heavy (non-hydrogen) atoms. The zero-order valence-electron chi connectivity index (χ0n) is 67.0. The molecule has 38 heteroatoms. The molecule has 630 valence electrons. The van der Waals surface area contributed by atoms with Gasteiger partial charge in [-0.1, -0.05) is 133 Å². The number of anilines is 2. The molecule has 0 bridgehead atoms. The van der Waals surface area contributed by atoms with Gasteiger partial charge in [-0.3, -0.25) is 29.1 Å². The van der Waals surface area contributed by atoms with E-state index in [1.807, 2.05) is 136 Å². The number of aromatic hydroxyl groups is 1. The molecule has 0 atom stereocenters. The predicted molar refractivity (Wildman–Crippen MR) is 439 cm³/mol. The predicted octanol–water partition coefficient (Wildman–Crippen LogP) is 10.0. The SMILES string of the molecule is CCOC(=O)c1c(NCc2cccnc2C)c2c(C)ncnc2n(OCc2ccccc2)c1=O.CCOC(=O)c1c(O)c2c(C)ncnc2n(OCc2ccccc2)c1=O.CCOC(=O)c1c(OS(=O)(=O)C(F)(F)F)c2c(C)ncnc2n(OCc2ccccc2)c1=O.Cc1ncccc1CNc1cc(=O)n(OCc2ccccc2)c2ncnc(C)c12. The first-order chi connectivity index (χ1) is 58.7. The number of fused-ring (bicyclic) bond motifs is 4. The molecule has 34 nitrogen and oxygen atoms in total. The van der Waals surface area contributed by atoms with Crippen molar-refractivity contribution in [1.82, 2.24) is 68.8 Å². The third-order valence-corrected chi connectivity index (χ3v) is 19.0. The lowest BCUT2D eigenvalue weighted by atomic mass is 10.1. The van der Waals surface area contributed by atoms with Gasteiger partial charge in [0, 0.05) is 42.9 Å². The van der Waals surface area contributed by atoms with Crippen LogP contribution in [0.2, 0.25) is 0 Å². The third-order valence-electron chi connectivity index (χ3n) is 18.1. The second-order valence-electron chi connectivity index (χ2n) is 26.2. The molecule has 0 saturated heterocycles. The Morgan fingerprint density at radius 2 is 0.754 bits per heavy atom. The Hall–Kier alpha value is -15.1. The van der Waals surface area contributed by atoms with Crippen LogP contribution in [-0.2, 0) is 63.8 Å². The summed E-state index contributed by atoms with van der Waals surface area (Å²) in [6, 6.07) is 46.0. The molecular weight excluding hydrogens is 1610 g/mol. The molecule has 14 rings (SSSR count). The first kappa shape index (κ1) is 87.7. The molecule has 4 aromatic carbocycles. The van der Waals surface area contributed by atoms with E-state index in [0.29, 0.717) is 57.2 Å². The van der Waals surface area contributed by atoms with Gasteiger partial charge in [-0.15, -0.1) is 18.9 Å². The maximum Gasteiger partial charge on any atom is 0.534 e. The van der Waals surface area contributed by atoms with Crippen LogP contribution in [0.5, 0.6) is 11.5 Å². The van der Waals surface area contributed by atoms with Crippen LogP contribution >= 0.6 is 0 Å². The molecule has 0 spiro atoms. The average molecular weight is 1690 g/mol. The van der Waals surface area contributed by atoms with Gasteiger partial charge in [0.2, 0.25) is 0 Å². The molecule has 3 N–H and O–H groups in total. The molecule has 0 aliphatic carbocycles. The molecular formula is C84H79F3N16O18S. The highest BCUT2D eigenvalue weighted by atomic mass is 32.2. The second-order valence-corrected chi connectivity index (χ2v) is 27.7. The highest BCUT2D eigenvalue weighted by molar-refractivity contribution is 7.88. The van der Waals surface area contributed by atoms with E-state index in [1.165, 1.54) is 43.6 Å². The number of hydrogen-bond acceptors (Lipinski definition) is 30. The third kappa shape index (κ3) is 20.3. The number of ether oxygens (including phenoxy) is 3. The fourth-order valence-electron chi connectivity index (χ4n) is 12.1. The summed E-state index contributed by atoms with van der Waals surface area (Å²) < 4.78 is 85.4. The summed E-state index contributed by atoms with van der Waals surface area (Å²) in [6.45, 7) is 16.2. The van der Waals surface area contributed by atoms with Gasteiger partial charge in [-0.05, 0) is 108 Å². The first-order valence-electron chi connectivity index (χ1n) is 37.4. The number of pyridine rings is 6. The number of halogens is 3. The summed E-state index contributed by atoms with van der Waals surface area (Å²) in [5, 5.41) is 18.0.